The molecule has 0 unspecified atom stereocenters. The maximum absolute atomic E-state index is 5.85. The Kier molecular flexibility index (Phi) is 2.11. The molecule has 0 radical (unpaired) electrons. The number of halogens is 1. The zero-order valence-corrected chi connectivity index (χ0v) is 8.01. The molecule has 0 amide bonds. The minimum atomic E-state index is 0.757. The molecule has 1 heterocycles. The van der Waals surface area contributed by atoms with Crippen molar-refractivity contribution >= 4 is 11.6 Å². The first-order chi connectivity index (χ1) is 6.27. The van der Waals surface area contributed by atoms with Gasteiger partial charge >= 0.3 is 0 Å². The van der Waals surface area contributed by atoms with Crippen molar-refractivity contribution in [3.05, 3.63) is 47.2 Å². The molecule has 0 atom stereocenters. The molecule has 0 saturated carbocycles. The van der Waals surface area contributed by atoms with Crippen molar-refractivity contribution in [2.45, 2.75) is 6.92 Å². The molecule has 0 aliphatic heterocycles. The van der Waals surface area contributed by atoms with Gasteiger partial charge in [0.15, 0.2) is 0 Å². The van der Waals surface area contributed by atoms with Crippen LogP contribution >= 0.6 is 11.6 Å². The minimum Gasteiger partial charge on any atom is -0.464 e. The van der Waals surface area contributed by atoms with Crippen molar-refractivity contribution in [3.8, 4) is 11.3 Å². The predicted octanol–water partition coefficient (Wildman–Crippen LogP) is 3.91. The molecule has 0 aliphatic carbocycles. The van der Waals surface area contributed by atoms with E-state index in [1.807, 2.05) is 37.3 Å². The van der Waals surface area contributed by atoms with Gasteiger partial charge in [0.25, 0.3) is 0 Å². The van der Waals surface area contributed by atoms with Crippen LogP contribution in [0.2, 0.25) is 5.02 Å². The van der Waals surface area contributed by atoms with E-state index in [9.17, 15) is 0 Å². The predicted molar refractivity (Wildman–Crippen MR) is 53.9 cm³/mol. The second-order valence-electron chi connectivity index (χ2n) is 2.94. The van der Waals surface area contributed by atoms with E-state index >= 15 is 0 Å². The zero-order valence-electron chi connectivity index (χ0n) is 7.25. The molecular formula is C11H9ClO. The Bertz CT molecular complexity index is 404. The Morgan fingerprint density at radius 2 is 2.08 bits per heavy atom. The Labute approximate surface area is 82.0 Å². The Morgan fingerprint density at radius 3 is 2.69 bits per heavy atom. The van der Waals surface area contributed by atoms with E-state index in [2.05, 4.69) is 0 Å². The van der Waals surface area contributed by atoms with Crippen LogP contribution in [0.15, 0.2) is 41.0 Å². The molecule has 66 valence electrons. The van der Waals surface area contributed by atoms with Crippen LogP contribution in [0.5, 0.6) is 0 Å². The van der Waals surface area contributed by atoms with Crippen LogP contribution in [0, 0.1) is 6.92 Å². The normalized spacial score (nSPS) is 10.3. The monoisotopic (exact) mass is 192 g/mol. The number of benzene rings is 1. The first-order valence-electron chi connectivity index (χ1n) is 4.07. The number of furan rings is 1. The molecule has 0 N–H and O–H groups in total. The molecule has 2 heteroatoms. The summed E-state index contributed by atoms with van der Waals surface area (Å²) in [5, 5.41) is 0.757. The van der Waals surface area contributed by atoms with Crippen LogP contribution in [0.25, 0.3) is 11.3 Å². The summed E-state index contributed by atoms with van der Waals surface area (Å²) in [6.07, 6.45) is 1.67. The lowest BCUT2D eigenvalue weighted by Gasteiger charge is -2.01. The third-order valence-corrected chi connectivity index (χ3v) is 2.21. The van der Waals surface area contributed by atoms with E-state index in [1.54, 1.807) is 6.26 Å². The van der Waals surface area contributed by atoms with Gasteiger partial charge in [0.1, 0.15) is 5.76 Å². The van der Waals surface area contributed by atoms with Crippen LogP contribution < -0.4 is 0 Å². The van der Waals surface area contributed by atoms with Gasteiger partial charge in [-0.2, -0.15) is 0 Å². The van der Waals surface area contributed by atoms with E-state index in [0.717, 1.165) is 21.9 Å². The zero-order chi connectivity index (χ0) is 9.26. The number of rotatable bonds is 1. The van der Waals surface area contributed by atoms with Crippen molar-refractivity contribution in [1.82, 2.24) is 0 Å². The highest BCUT2D eigenvalue weighted by Gasteiger charge is 2.03. The quantitative estimate of drug-likeness (QED) is 0.668. The van der Waals surface area contributed by atoms with Gasteiger partial charge in [-0.25, -0.2) is 0 Å². The first kappa shape index (κ1) is 8.39. The second kappa shape index (κ2) is 3.27. The van der Waals surface area contributed by atoms with Gasteiger partial charge in [-0.15, -0.1) is 0 Å². The third-order valence-electron chi connectivity index (χ3n) is 1.98. The van der Waals surface area contributed by atoms with Crippen LogP contribution in [-0.4, -0.2) is 0 Å². The van der Waals surface area contributed by atoms with Gasteiger partial charge in [0.05, 0.1) is 6.26 Å². The fraction of sp³-hybridized carbons (Fsp3) is 0.0909. The standard InChI is InChI=1S/C11H9ClO/c1-8-7-9(12)4-5-10(8)11-3-2-6-13-11/h2-7H,1H3. The molecule has 0 bridgehead atoms. The van der Waals surface area contributed by atoms with Crippen LogP contribution in [0.3, 0.4) is 0 Å². The van der Waals surface area contributed by atoms with E-state index in [4.69, 9.17) is 16.0 Å². The van der Waals surface area contributed by atoms with E-state index in [0.29, 0.717) is 0 Å². The molecule has 1 aromatic heterocycles. The van der Waals surface area contributed by atoms with Crippen molar-refractivity contribution < 1.29 is 4.42 Å². The van der Waals surface area contributed by atoms with Crippen molar-refractivity contribution in [2.75, 3.05) is 0 Å². The molecule has 1 aromatic carbocycles. The maximum atomic E-state index is 5.85. The van der Waals surface area contributed by atoms with Gasteiger partial charge in [-0.3, -0.25) is 0 Å². The van der Waals surface area contributed by atoms with Gasteiger partial charge in [0.2, 0.25) is 0 Å². The SMILES string of the molecule is Cc1cc(Cl)ccc1-c1ccco1. The molecule has 0 saturated heterocycles. The first-order valence-corrected chi connectivity index (χ1v) is 4.45. The summed E-state index contributed by atoms with van der Waals surface area (Å²) in [4.78, 5) is 0. The second-order valence-corrected chi connectivity index (χ2v) is 3.37. The Balaban J connectivity index is 2.53. The maximum Gasteiger partial charge on any atom is 0.134 e. The van der Waals surface area contributed by atoms with Crippen molar-refractivity contribution in [3.63, 3.8) is 0 Å². The van der Waals surface area contributed by atoms with E-state index in [-0.39, 0.29) is 0 Å². The lowest BCUT2D eigenvalue weighted by atomic mass is 10.1. The molecule has 1 nitrogen and oxygen atoms in total. The van der Waals surface area contributed by atoms with Gasteiger partial charge in [-0.05, 0) is 42.8 Å². The Morgan fingerprint density at radius 1 is 1.23 bits per heavy atom. The fourth-order valence-electron chi connectivity index (χ4n) is 1.34. The summed E-state index contributed by atoms with van der Waals surface area (Å²) < 4.78 is 5.30. The smallest absolute Gasteiger partial charge is 0.134 e. The Hall–Kier alpha value is -1.21. The lowest BCUT2D eigenvalue weighted by Crippen LogP contribution is -1.79. The lowest BCUT2D eigenvalue weighted by molar-refractivity contribution is 0.582. The average molecular weight is 193 g/mol. The highest BCUT2D eigenvalue weighted by molar-refractivity contribution is 6.30. The van der Waals surface area contributed by atoms with Crippen LogP contribution in [0.1, 0.15) is 5.56 Å². The summed E-state index contributed by atoms with van der Waals surface area (Å²) in [5.41, 5.74) is 2.22. The molecule has 0 aliphatic rings. The molecule has 2 rings (SSSR count). The molecule has 0 fully saturated rings. The summed E-state index contributed by atoms with van der Waals surface area (Å²) in [6, 6.07) is 9.59. The highest BCUT2D eigenvalue weighted by Crippen LogP contribution is 2.25. The van der Waals surface area contributed by atoms with Gasteiger partial charge < -0.3 is 4.42 Å². The third kappa shape index (κ3) is 1.61. The number of aryl methyl sites for hydroxylation is 1. The van der Waals surface area contributed by atoms with E-state index < -0.39 is 0 Å². The van der Waals surface area contributed by atoms with Gasteiger partial charge in [-0.1, -0.05) is 11.6 Å². The average Bonchev–Trinajstić information content (AvgIpc) is 2.56. The van der Waals surface area contributed by atoms with Crippen molar-refractivity contribution in [1.29, 1.82) is 0 Å². The van der Waals surface area contributed by atoms with Crippen LogP contribution in [0.4, 0.5) is 0 Å². The topological polar surface area (TPSA) is 13.1 Å². The molecule has 0 spiro atoms. The highest BCUT2D eigenvalue weighted by atomic mass is 35.5. The largest absolute Gasteiger partial charge is 0.464 e. The number of hydrogen-bond acceptors (Lipinski definition) is 1. The van der Waals surface area contributed by atoms with Gasteiger partial charge in [0, 0.05) is 10.6 Å². The van der Waals surface area contributed by atoms with E-state index in [1.165, 1.54) is 0 Å². The summed E-state index contributed by atoms with van der Waals surface area (Å²) in [7, 11) is 0. The van der Waals surface area contributed by atoms with Crippen LogP contribution in [-0.2, 0) is 0 Å². The molecule has 2 aromatic rings. The minimum absolute atomic E-state index is 0.757. The summed E-state index contributed by atoms with van der Waals surface area (Å²) in [6.45, 7) is 2.02. The molecular weight excluding hydrogens is 184 g/mol. The molecule has 13 heavy (non-hydrogen) atoms. The number of hydrogen-bond donors (Lipinski definition) is 0. The fourth-order valence-corrected chi connectivity index (χ4v) is 1.56. The summed E-state index contributed by atoms with van der Waals surface area (Å²) >= 11 is 5.85. The van der Waals surface area contributed by atoms with Crippen molar-refractivity contribution in [2.24, 2.45) is 0 Å². The summed E-state index contributed by atoms with van der Waals surface area (Å²) in [5.74, 6) is 0.883.